The Morgan fingerprint density at radius 1 is 1.15 bits per heavy atom. The molecule has 0 unspecified atom stereocenters. The topological polar surface area (TPSA) is 78.5 Å². The maximum Gasteiger partial charge on any atom is 0.324 e. The van der Waals surface area contributed by atoms with Gasteiger partial charge in [0.05, 0.1) is 13.1 Å². The number of nitrogens with one attached hydrogen (secondary N) is 2. The van der Waals surface area contributed by atoms with E-state index < -0.39 is 0 Å². The summed E-state index contributed by atoms with van der Waals surface area (Å²) in [7, 11) is 0. The van der Waals surface area contributed by atoms with Crippen molar-refractivity contribution in [1.82, 2.24) is 10.2 Å². The molecule has 6 nitrogen and oxygen atoms in total. The van der Waals surface area contributed by atoms with Crippen molar-refractivity contribution in [3.05, 3.63) is 65.2 Å². The normalized spacial score (nSPS) is 13.9. The number of carbonyl (C=O) groups excluding carboxylic acids is 3. The number of nitrogens with zero attached hydrogens (tertiary/aromatic N) is 1. The fourth-order valence-electron chi connectivity index (χ4n) is 2.74. The summed E-state index contributed by atoms with van der Waals surface area (Å²) in [5.41, 5.74) is 3.21. The van der Waals surface area contributed by atoms with Crippen molar-refractivity contribution < 1.29 is 14.4 Å². The summed E-state index contributed by atoms with van der Waals surface area (Å²) < 4.78 is 0. The van der Waals surface area contributed by atoms with Crippen molar-refractivity contribution in [2.24, 2.45) is 0 Å². The average molecular weight is 351 g/mol. The van der Waals surface area contributed by atoms with Crippen LogP contribution in [0.1, 0.15) is 41.3 Å². The Hall–Kier alpha value is -3.15. The molecule has 0 bridgehead atoms. The molecule has 0 saturated carbocycles. The van der Waals surface area contributed by atoms with Gasteiger partial charge in [0.1, 0.15) is 0 Å². The monoisotopic (exact) mass is 351 g/mol. The molecule has 2 aromatic rings. The molecule has 1 heterocycles. The standard InChI is InChI=1S/C20H21N3O3/c1-13(2)16-4-3-5-17(10-16)22-19(25)15-8-6-14(7-9-15)12-23-18(24)11-21-20(23)26/h3-10,13H,11-12H2,1-2H3,(H,21,26)(H,22,25). The van der Waals surface area contributed by atoms with Crippen LogP contribution in [0.5, 0.6) is 0 Å². The molecular weight excluding hydrogens is 330 g/mol. The van der Waals surface area contributed by atoms with E-state index in [0.29, 0.717) is 11.5 Å². The summed E-state index contributed by atoms with van der Waals surface area (Å²) in [5, 5.41) is 5.37. The molecule has 2 N–H and O–H groups in total. The van der Waals surface area contributed by atoms with Gasteiger partial charge in [-0.1, -0.05) is 38.1 Å². The zero-order chi connectivity index (χ0) is 18.7. The van der Waals surface area contributed by atoms with Crippen molar-refractivity contribution in [3.63, 3.8) is 0 Å². The first-order valence-electron chi connectivity index (χ1n) is 8.52. The van der Waals surface area contributed by atoms with Crippen LogP contribution in [0.25, 0.3) is 0 Å². The van der Waals surface area contributed by atoms with E-state index in [0.717, 1.165) is 21.7 Å². The Balaban J connectivity index is 1.66. The maximum atomic E-state index is 12.4. The van der Waals surface area contributed by atoms with Crippen LogP contribution in [-0.4, -0.2) is 29.3 Å². The zero-order valence-electron chi connectivity index (χ0n) is 14.8. The number of imide groups is 1. The highest BCUT2D eigenvalue weighted by Gasteiger charge is 2.28. The van der Waals surface area contributed by atoms with Crippen LogP contribution in [0.4, 0.5) is 10.5 Å². The summed E-state index contributed by atoms with van der Waals surface area (Å²) in [6.07, 6.45) is 0. The van der Waals surface area contributed by atoms with Crippen molar-refractivity contribution in [2.75, 3.05) is 11.9 Å². The van der Waals surface area contributed by atoms with Gasteiger partial charge in [-0.15, -0.1) is 0 Å². The molecule has 0 atom stereocenters. The molecule has 4 amide bonds. The molecule has 6 heteroatoms. The summed E-state index contributed by atoms with van der Waals surface area (Å²) >= 11 is 0. The molecule has 1 fully saturated rings. The molecule has 0 aliphatic carbocycles. The number of hydrogen-bond donors (Lipinski definition) is 2. The highest BCUT2D eigenvalue weighted by molar-refractivity contribution is 6.04. The second kappa shape index (κ2) is 7.39. The lowest BCUT2D eigenvalue weighted by molar-refractivity contribution is -0.125. The smallest absolute Gasteiger partial charge is 0.324 e. The van der Waals surface area contributed by atoms with Gasteiger partial charge in [0.25, 0.3) is 5.91 Å². The Morgan fingerprint density at radius 3 is 2.50 bits per heavy atom. The summed E-state index contributed by atoms with van der Waals surface area (Å²) in [6, 6.07) is 14.3. The highest BCUT2D eigenvalue weighted by atomic mass is 16.2. The van der Waals surface area contributed by atoms with Crippen molar-refractivity contribution in [2.45, 2.75) is 26.3 Å². The minimum Gasteiger partial charge on any atom is -0.329 e. The van der Waals surface area contributed by atoms with E-state index in [4.69, 9.17) is 0 Å². The minimum atomic E-state index is -0.387. The number of carbonyl (C=O) groups is 3. The second-order valence-electron chi connectivity index (χ2n) is 6.57. The van der Waals surface area contributed by atoms with Gasteiger partial charge < -0.3 is 10.6 Å². The zero-order valence-corrected chi connectivity index (χ0v) is 14.8. The highest BCUT2D eigenvalue weighted by Crippen LogP contribution is 2.19. The van der Waals surface area contributed by atoms with Gasteiger partial charge in [-0.25, -0.2) is 4.79 Å². The van der Waals surface area contributed by atoms with Gasteiger partial charge in [-0.3, -0.25) is 14.5 Å². The lowest BCUT2D eigenvalue weighted by atomic mass is 10.0. The Morgan fingerprint density at radius 2 is 1.88 bits per heavy atom. The van der Waals surface area contributed by atoms with Crippen molar-refractivity contribution >= 4 is 23.5 Å². The van der Waals surface area contributed by atoms with E-state index >= 15 is 0 Å². The first kappa shape index (κ1) is 17.7. The molecule has 26 heavy (non-hydrogen) atoms. The SMILES string of the molecule is CC(C)c1cccc(NC(=O)c2ccc(CN3C(=O)CNC3=O)cc2)c1. The van der Waals surface area contributed by atoms with E-state index in [1.165, 1.54) is 0 Å². The van der Waals surface area contributed by atoms with E-state index in [-0.39, 0.29) is 30.9 Å². The van der Waals surface area contributed by atoms with Crippen LogP contribution in [0.2, 0.25) is 0 Å². The third kappa shape index (κ3) is 3.91. The third-order valence-electron chi connectivity index (χ3n) is 4.31. The fourth-order valence-corrected chi connectivity index (χ4v) is 2.74. The van der Waals surface area contributed by atoms with Gasteiger partial charge in [0.2, 0.25) is 5.91 Å². The van der Waals surface area contributed by atoms with Gasteiger partial charge >= 0.3 is 6.03 Å². The molecule has 0 aromatic heterocycles. The number of amides is 4. The van der Waals surface area contributed by atoms with Crippen LogP contribution < -0.4 is 10.6 Å². The number of benzene rings is 2. The molecule has 1 aliphatic rings. The molecule has 1 saturated heterocycles. The molecular formula is C20H21N3O3. The Kier molecular flexibility index (Phi) is 5.02. The summed E-state index contributed by atoms with van der Waals surface area (Å²) in [4.78, 5) is 36.8. The van der Waals surface area contributed by atoms with Crippen LogP contribution >= 0.6 is 0 Å². The number of urea groups is 1. The lowest BCUT2D eigenvalue weighted by Gasteiger charge is -2.13. The molecule has 1 aliphatic heterocycles. The minimum absolute atomic E-state index is 0.0365. The number of hydrogen-bond acceptors (Lipinski definition) is 3. The number of anilines is 1. The largest absolute Gasteiger partial charge is 0.329 e. The van der Waals surface area contributed by atoms with Gasteiger partial charge in [-0.05, 0) is 41.3 Å². The first-order valence-corrected chi connectivity index (χ1v) is 8.52. The Bertz CT molecular complexity index is 828. The van der Waals surface area contributed by atoms with Crippen molar-refractivity contribution in [3.8, 4) is 0 Å². The second-order valence-corrected chi connectivity index (χ2v) is 6.57. The molecule has 3 rings (SSSR count). The fraction of sp³-hybridized carbons (Fsp3) is 0.250. The van der Waals surface area contributed by atoms with E-state index in [9.17, 15) is 14.4 Å². The summed E-state index contributed by atoms with van der Waals surface area (Å²) in [6.45, 7) is 4.44. The van der Waals surface area contributed by atoms with Gasteiger partial charge in [0.15, 0.2) is 0 Å². The predicted molar refractivity (Wildman–Crippen MR) is 98.9 cm³/mol. The molecule has 2 aromatic carbocycles. The first-order chi connectivity index (χ1) is 12.4. The molecule has 0 radical (unpaired) electrons. The van der Waals surface area contributed by atoms with Crippen LogP contribution in [-0.2, 0) is 11.3 Å². The van der Waals surface area contributed by atoms with Crippen LogP contribution in [0, 0.1) is 0 Å². The Labute approximate surface area is 152 Å². The van der Waals surface area contributed by atoms with Crippen LogP contribution in [0.15, 0.2) is 48.5 Å². The van der Waals surface area contributed by atoms with E-state index in [1.54, 1.807) is 24.3 Å². The third-order valence-corrected chi connectivity index (χ3v) is 4.31. The predicted octanol–water partition coefficient (Wildman–Crippen LogP) is 3.11. The number of rotatable bonds is 5. The van der Waals surface area contributed by atoms with E-state index in [1.807, 2.05) is 24.3 Å². The van der Waals surface area contributed by atoms with Gasteiger partial charge in [-0.2, -0.15) is 0 Å². The summed E-state index contributed by atoms with van der Waals surface area (Å²) in [5.74, 6) is -0.0639. The molecule has 134 valence electrons. The van der Waals surface area contributed by atoms with E-state index in [2.05, 4.69) is 24.5 Å². The lowest BCUT2D eigenvalue weighted by Crippen LogP contribution is -2.30. The van der Waals surface area contributed by atoms with Crippen LogP contribution in [0.3, 0.4) is 0 Å². The van der Waals surface area contributed by atoms with Crippen molar-refractivity contribution in [1.29, 1.82) is 0 Å². The molecule has 0 spiro atoms. The quantitative estimate of drug-likeness (QED) is 0.813. The van der Waals surface area contributed by atoms with Gasteiger partial charge in [0, 0.05) is 11.3 Å². The maximum absolute atomic E-state index is 12.4. The average Bonchev–Trinajstić information content (AvgIpc) is 2.94.